The first kappa shape index (κ1) is 9.97. The Labute approximate surface area is 85.8 Å². The van der Waals surface area contributed by atoms with Crippen molar-refractivity contribution in [3.8, 4) is 0 Å². The Morgan fingerprint density at radius 2 is 2.21 bits per heavy atom. The van der Waals surface area contributed by atoms with E-state index in [4.69, 9.17) is 0 Å². The Bertz CT molecular complexity index is 211. The summed E-state index contributed by atoms with van der Waals surface area (Å²) < 4.78 is 0. The largest absolute Gasteiger partial charge is 0.340 e. The number of nitrogens with one attached hydrogen (secondary N) is 1. The molecule has 0 aromatic carbocycles. The second-order valence-electron chi connectivity index (χ2n) is 4.57. The maximum Gasteiger partial charge on any atom is 0.227 e. The molecule has 1 amide bonds. The van der Waals surface area contributed by atoms with Gasteiger partial charge in [-0.25, -0.2) is 0 Å². The van der Waals surface area contributed by atoms with Gasteiger partial charge in [0.25, 0.3) is 0 Å². The van der Waals surface area contributed by atoms with E-state index in [-0.39, 0.29) is 5.92 Å². The summed E-state index contributed by atoms with van der Waals surface area (Å²) in [5.41, 5.74) is 0. The number of rotatable bonds is 1. The number of hydrogen-bond donors (Lipinski definition) is 1. The molecule has 0 saturated carbocycles. The Morgan fingerprint density at radius 3 is 2.86 bits per heavy atom. The summed E-state index contributed by atoms with van der Waals surface area (Å²) in [6, 6.07) is 0.469. The molecule has 0 aromatic heterocycles. The third-order valence-electron chi connectivity index (χ3n) is 3.50. The predicted octanol–water partition coefficient (Wildman–Crippen LogP) is 0.997. The second-order valence-corrected chi connectivity index (χ2v) is 4.57. The molecule has 0 bridgehead atoms. The lowest BCUT2D eigenvalue weighted by molar-refractivity contribution is -0.138. The standard InChI is InChI=1S/C11H20N2O/c1-9-4-2-3-7-13(9)11(14)10-5-6-12-8-10/h9-10,12H,2-8H2,1H3/t9-,10+/m0/s1. The quantitative estimate of drug-likeness (QED) is 0.678. The molecule has 0 aliphatic carbocycles. The van der Waals surface area contributed by atoms with Crippen LogP contribution in [-0.4, -0.2) is 36.5 Å². The van der Waals surface area contributed by atoms with Gasteiger partial charge in [-0.3, -0.25) is 4.79 Å². The van der Waals surface area contributed by atoms with E-state index in [9.17, 15) is 4.79 Å². The molecule has 2 saturated heterocycles. The maximum atomic E-state index is 12.1. The molecule has 3 heteroatoms. The molecule has 1 N–H and O–H groups in total. The molecule has 0 radical (unpaired) electrons. The fourth-order valence-corrected chi connectivity index (χ4v) is 2.53. The third kappa shape index (κ3) is 1.92. The van der Waals surface area contributed by atoms with Gasteiger partial charge >= 0.3 is 0 Å². The average molecular weight is 196 g/mol. The van der Waals surface area contributed by atoms with Crippen molar-refractivity contribution in [1.29, 1.82) is 0 Å². The Hall–Kier alpha value is -0.570. The van der Waals surface area contributed by atoms with Crippen molar-refractivity contribution < 1.29 is 4.79 Å². The molecular weight excluding hydrogens is 176 g/mol. The first-order valence-electron chi connectivity index (χ1n) is 5.80. The van der Waals surface area contributed by atoms with E-state index in [1.54, 1.807) is 0 Å². The van der Waals surface area contributed by atoms with Gasteiger partial charge in [-0.2, -0.15) is 0 Å². The van der Waals surface area contributed by atoms with Gasteiger partial charge in [0.1, 0.15) is 0 Å². The van der Waals surface area contributed by atoms with Crippen LogP contribution >= 0.6 is 0 Å². The second kappa shape index (κ2) is 4.30. The van der Waals surface area contributed by atoms with E-state index >= 15 is 0 Å². The van der Waals surface area contributed by atoms with Crippen LogP contribution in [0.25, 0.3) is 0 Å². The zero-order chi connectivity index (χ0) is 9.97. The van der Waals surface area contributed by atoms with Gasteiger partial charge in [0.15, 0.2) is 0 Å². The molecule has 2 heterocycles. The van der Waals surface area contributed by atoms with Crippen molar-refractivity contribution in [3.05, 3.63) is 0 Å². The summed E-state index contributed by atoms with van der Waals surface area (Å²) in [4.78, 5) is 14.2. The number of likely N-dealkylation sites (tertiary alicyclic amines) is 1. The van der Waals surface area contributed by atoms with Gasteiger partial charge in [0.05, 0.1) is 5.92 Å². The molecule has 3 nitrogen and oxygen atoms in total. The van der Waals surface area contributed by atoms with Gasteiger partial charge in [0.2, 0.25) is 5.91 Å². The van der Waals surface area contributed by atoms with Crippen LogP contribution in [0.15, 0.2) is 0 Å². The Kier molecular flexibility index (Phi) is 3.06. The zero-order valence-electron chi connectivity index (χ0n) is 8.96. The van der Waals surface area contributed by atoms with Crippen molar-refractivity contribution in [3.63, 3.8) is 0 Å². The number of carbonyl (C=O) groups excluding carboxylic acids is 1. The van der Waals surface area contributed by atoms with E-state index in [2.05, 4.69) is 17.1 Å². The van der Waals surface area contributed by atoms with Gasteiger partial charge in [-0.1, -0.05) is 0 Å². The van der Waals surface area contributed by atoms with E-state index in [0.717, 1.165) is 26.1 Å². The lowest BCUT2D eigenvalue weighted by atomic mass is 10.00. The number of piperidine rings is 1. The lowest BCUT2D eigenvalue weighted by Gasteiger charge is -2.35. The molecule has 0 spiro atoms. The van der Waals surface area contributed by atoms with Crippen molar-refractivity contribution in [2.24, 2.45) is 5.92 Å². The molecule has 14 heavy (non-hydrogen) atoms. The fraction of sp³-hybridized carbons (Fsp3) is 0.909. The van der Waals surface area contributed by atoms with Crippen molar-refractivity contribution in [2.45, 2.75) is 38.6 Å². The summed E-state index contributed by atoms with van der Waals surface area (Å²) in [6.45, 7) is 5.07. The van der Waals surface area contributed by atoms with Gasteiger partial charge in [-0.05, 0) is 39.2 Å². The number of amides is 1. The van der Waals surface area contributed by atoms with Crippen LogP contribution in [0.1, 0.15) is 32.6 Å². The molecule has 2 rings (SSSR count). The fourth-order valence-electron chi connectivity index (χ4n) is 2.53. The van der Waals surface area contributed by atoms with E-state index in [1.165, 1.54) is 19.3 Å². The SMILES string of the molecule is C[C@H]1CCCCN1C(=O)[C@@H]1CCNC1. The van der Waals surface area contributed by atoms with Gasteiger partial charge < -0.3 is 10.2 Å². The highest BCUT2D eigenvalue weighted by molar-refractivity contribution is 5.79. The summed E-state index contributed by atoms with van der Waals surface area (Å²) in [5.74, 6) is 0.651. The Morgan fingerprint density at radius 1 is 1.36 bits per heavy atom. The summed E-state index contributed by atoms with van der Waals surface area (Å²) >= 11 is 0. The first-order chi connectivity index (χ1) is 6.79. The molecule has 2 aliphatic heterocycles. The van der Waals surface area contributed by atoms with Crippen LogP contribution in [0.2, 0.25) is 0 Å². The van der Waals surface area contributed by atoms with E-state index < -0.39 is 0 Å². The van der Waals surface area contributed by atoms with Crippen LogP contribution in [0, 0.1) is 5.92 Å². The van der Waals surface area contributed by atoms with Crippen LogP contribution in [-0.2, 0) is 4.79 Å². The molecule has 0 aromatic rings. The lowest BCUT2D eigenvalue weighted by Crippen LogP contribution is -2.45. The minimum Gasteiger partial charge on any atom is -0.340 e. The molecule has 80 valence electrons. The van der Waals surface area contributed by atoms with Crippen LogP contribution in [0.4, 0.5) is 0 Å². The highest BCUT2D eigenvalue weighted by Crippen LogP contribution is 2.20. The smallest absolute Gasteiger partial charge is 0.227 e. The number of carbonyl (C=O) groups is 1. The molecule has 2 fully saturated rings. The van der Waals surface area contributed by atoms with E-state index in [1.807, 2.05) is 0 Å². The van der Waals surface area contributed by atoms with Crippen molar-refractivity contribution >= 4 is 5.91 Å². The summed E-state index contributed by atoms with van der Waals surface area (Å²) in [7, 11) is 0. The maximum absolute atomic E-state index is 12.1. The zero-order valence-corrected chi connectivity index (χ0v) is 8.96. The van der Waals surface area contributed by atoms with Crippen molar-refractivity contribution in [2.75, 3.05) is 19.6 Å². The van der Waals surface area contributed by atoms with Crippen LogP contribution < -0.4 is 5.32 Å². The third-order valence-corrected chi connectivity index (χ3v) is 3.50. The predicted molar refractivity (Wildman–Crippen MR) is 56.0 cm³/mol. The topological polar surface area (TPSA) is 32.3 Å². The molecule has 2 atom stereocenters. The van der Waals surface area contributed by atoms with Gasteiger partial charge in [0, 0.05) is 19.1 Å². The summed E-state index contributed by atoms with van der Waals surface area (Å²) in [5, 5.41) is 3.26. The molecule has 2 aliphatic rings. The normalized spacial score (nSPS) is 33.4. The van der Waals surface area contributed by atoms with Crippen molar-refractivity contribution in [1.82, 2.24) is 10.2 Å². The number of nitrogens with zero attached hydrogens (tertiary/aromatic N) is 1. The van der Waals surface area contributed by atoms with Gasteiger partial charge in [-0.15, -0.1) is 0 Å². The molecular formula is C11H20N2O. The monoisotopic (exact) mass is 196 g/mol. The highest BCUT2D eigenvalue weighted by Gasteiger charge is 2.30. The van der Waals surface area contributed by atoms with Crippen LogP contribution in [0.3, 0.4) is 0 Å². The minimum atomic E-state index is 0.260. The number of hydrogen-bond acceptors (Lipinski definition) is 2. The highest BCUT2D eigenvalue weighted by atomic mass is 16.2. The Balaban J connectivity index is 1.94. The minimum absolute atomic E-state index is 0.260. The van der Waals surface area contributed by atoms with E-state index in [0.29, 0.717) is 11.9 Å². The average Bonchev–Trinajstić information content (AvgIpc) is 2.70. The van der Waals surface area contributed by atoms with Crippen LogP contribution in [0.5, 0.6) is 0 Å². The summed E-state index contributed by atoms with van der Waals surface area (Å²) in [6.07, 6.45) is 4.69. The first-order valence-corrected chi connectivity index (χ1v) is 5.80. The molecule has 0 unspecified atom stereocenters.